The number of hydrogen-bond acceptors (Lipinski definition) is 5. The molecule has 1 atom stereocenters. The summed E-state index contributed by atoms with van der Waals surface area (Å²) in [6.07, 6.45) is 1.13. The highest BCUT2D eigenvalue weighted by atomic mass is 16.5. The molecule has 1 N–H and O–H groups in total. The molecule has 0 aromatic heterocycles. The first-order chi connectivity index (χ1) is 13.3. The predicted molar refractivity (Wildman–Crippen MR) is 108 cm³/mol. The molecule has 1 aliphatic heterocycles. The van der Waals surface area contributed by atoms with Gasteiger partial charge in [-0.2, -0.15) is 0 Å². The molecule has 2 aromatic carbocycles. The van der Waals surface area contributed by atoms with Crippen LogP contribution in [0.1, 0.15) is 30.5 Å². The van der Waals surface area contributed by atoms with Crippen molar-refractivity contribution in [2.75, 3.05) is 47.0 Å². The van der Waals surface area contributed by atoms with Crippen molar-refractivity contribution in [1.29, 1.82) is 0 Å². The SMILES string of the molecule is CCOc1ccc(C(c2cccc(OC)c2)N2CCCNCC2)cc1OC. The number of hydrogen-bond donors (Lipinski definition) is 1. The average molecular weight is 370 g/mol. The van der Waals surface area contributed by atoms with Crippen molar-refractivity contribution >= 4 is 0 Å². The van der Waals surface area contributed by atoms with Gasteiger partial charge in [-0.3, -0.25) is 4.90 Å². The zero-order valence-electron chi connectivity index (χ0n) is 16.5. The van der Waals surface area contributed by atoms with Gasteiger partial charge in [-0.1, -0.05) is 18.2 Å². The van der Waals surface area contributed by atoms with Gasteiger partial charge in [-0.25, -0.2) is 0 Å². The van der Waals surface area contributed by atoms with Crippen LogP contribution >= 0.6 is 0 Å². The third kappa shape index (κ3) is 4.73. The van der Waals surface area contributed by atoms with Crippen molar-refractivity contribution in [2.45, 2.75) is 19.4 Å². The maximum Gasteiger partial charge on any atom is 0.161 e. The Morgan fingerprint density at radius 1 is 0.963 bits per heavy atom. The molecule has 1 saturated heterocycles. The summed E-state index contributed by atoms with van der Waals surface area (Å²) in [4.78, 5) is 2.53. The summed E-state index contributed by atoms with van der Waals surface area (Å²) in [7, 11) is 3.40. The fourth-order valence-corrected chi connectivity index (χ4v) is 3.68. The van der Waals surface area contributed by atoms with Crippen molar-refractivity contribution < 1.29 is 14.2 Å². The Kier molecular flexibility index (Phi) is 6.96. The summed E-state index contributed by atoms with van der Waals surface area (Å²) in [6, 6.07) is 14.8. The number of methoxy groups -OCH3 is 2. The Morgan fingerprint density at radius 3 is 2.59 bits per heavy atom. The van der Waals surface area contributed by atoms with E-state index in [1.165, 1.54) is 11.1 Å². The number of ether oxygens (including phenoxy) is 3. The normalized spacial score (nSPS) is 16.4. The summed E-state index contributed by atoms with van der Waals surface area (Å²) in [5.74, 6) is 2.43. The molecule has 5 heteroatoms. The second-order valence-corrected chi connectivity index (χ2v) is 6.66. The third-order valence-electron chi connectivity index (χ3n) is 4.95. The van der Waals surface area contributed by atoms with E-state index in [2.05, 4.69) is 40.5 Å². The molecule has 2 aromatic rings. The van der Waals surface area contributed by atoms with Gasteiger partial charge >= 0.3 is 0 Å². The Balaban J connectivity index is 2.03. The molecule has 0 radical (unpaired) electrons. The lowest BCUT2D eigenvalue weighted by Gasteiger charge is -2.32. The van der Waals surface area contributed by atoms with E-state index in [0.29, 0.717) is 6.61 Å². The van der Waals surface area contributed by atoms with Gasteiger partial charge in [0.1, 0.15) is 5.75 Å². The van der Waals surface area contributed by atoms with Gasteiger partial charge < -0.3 is 19.5 Å². The van der Waals surface area contributed by atoms with Crippen LogP contribution in [0.25, 0.3) is 0 Å². The second-order valence-electron chi connectivity index (χ2n) is 6.66. The summed E-state index contributed by atoms with van der Waals surface area (Å²) in [5.41, 5.74) is 2.42. The molecule has 0 amide bonds. The summed E-state index contributed by atoms with van der Waals surface area (Å²) >= 11 is 0. The lowest BCUT2D eigenvalue weighted by atomic mass is 9.96. The molecule has 1 heterocycles. The molecule has 1 fully saturated rings. The molecule has 0 aliphatic carbocycles. The minimum atomic E-state index is 0.143. The van der Waals surface area contributed by atoms with Gasteiger partial charge in [0, 0.05) is 19.6 Å². The molecule has 146 valence electrons. The minimum Gasteiger partial charge on any atom is -0.497 e. The van der Waals surface area contributed by atoms with Gasteiger partial charge in [0.2, 0.25) is 0 Å². The number of rotatable bonds is 7. The van der Waals surface area contributed by atoms with Gasteiger partial charge in [0.25, 0.3) is 0 Å². The van der Waals surface area contributed by atoms with E-state index in [1.54, 1.807) is 14.2 Å². The summed E-state index contributed by atoms with van der Waals surface area (Å²) in [5, 5.41) is 3.49. The highest BCUT2D eigenvalue weighted by Gasteiger charge is 2.24. The molecule has 27 heavy (non-hydrogen) atoms. The topological polar surface area (TPSA) is 43.0 Å². The van der Waals surface area contributed by atoms with Crippen molar-refractivity contribution in [3.8, 4) is 17.2 Å². The van der Waals surface area contributed by atoms with Crippen LogP contribution < -0.4 is 19.5 Å². The van der Waals surface area contributed by atoms with Crippen molar-refractivity contribution in [1.82, 2.24) is 10.2 Å². The van der Waals surface area contributed by atoms with E-state index < -0.39 is 0 Å². The van der Waals surface area contributed by atoms with Crippen LogP contribution in [-0.4, -0.2) is 51.9 Å². The molecule has 5 nitrogen and oxygen atoms in total. The van der Waals surface area contributed by atoms with E-state index >= 15 is 0 Å². The first-order valence-corrected chi connectivity index (χ1v) is 9.66. The minimum absolute atomic E-state index is 0.143. The maximum absolute atomic E-state index is 5.70. The zero-order valence-corrected chi connectivity index (χ0v) is 16.5. The predicted octanol–water partition coefficient (Wildman–Crippen LogP) is 3.49. The molecule has 1 unspecified atom stereocenters. The van der Waals surface area contributed by atoms with Gasteiger partial charge in [0.15, 0.2) is 11.5 Å². The Labute approximate surface area is 162 Å². The molecule has 1 aliphatic rings. The first kappa shape index (κ1) is 19.5. The van der Waals surface area contributed by atoms with Gasteiger partial charge in [0.05, 0.1) is 26.9 Å². The van der Waals surface area contributed by atoms with Crippen molar-refractivity contribution in [3.63, 3.8) is 0 Å². The molecule has 0 spiro atoms. The van der Waals surface area contributed by atoms with E-state index in [1.807, 2.05) is 19.1 Å². The first-order valence-electron chi connectivity index (χ1n) is 9.66. The molecule has 0 bridgehead atoms. The second kappa shape index (κ2) is 9.62. The van der Waals surface area contributed by atoms with E-state index in [-0.39, 0.29) is 6.04 Å². The van der Waals surface area contributed by atoms with E-state index in [0.717, 1.165) is 49.8 Å². The van der Waals surface area contributed by atoms with Crippen molar-refractivity contribution in [2.24, 2.45) is 0 Å². The Morgan fingerprint density at radius 2 is 1.81 bits per heavy atom. The van der Waals surface area contributed by atoms with Crippen LogP contribution in [0.3, 0.4) is 0 Å². The lowest BCUT2D eigenvalue weighted by Crippen LogP contribution is -2.33. The Bertz CT molecular complexity index is 727. The average Bonchev–Trinajstić information content (AvgIpc) is 2.99. The fourth-order valence-electron chi connectivity index (χ4n) is 3.68. The lowest BCUT2D eigenvalue weighted by molar-refractivity contribution is 0.239. The maximum atomic E-state index is 5.70. The van der Waals surface area contributed by atoms with Crippen molar-refractivity contribution in [3.05, 3.63) is 53.6 Å². The molecular formula is C22H30N2O3. The van der Waals surface area contributed by atoms with Gasteiger partial charge in [-0.05, 0) is 55.3 Å². The Hall–Kier alpha value is -2.24. The molecule has 3 rings (SSSR count). The highest BCUT2D eigenvalue weighted by molar-refractivity contribution is 5.46. The van der Waals surface area contributed by atoms with Crippen LogP contribution in [0.15, 0.2) is 42.5 Å². The monoisotopic (exact) mass is 370 g/mol. The van der Waals surface area contributed by atoms with Crippen LogP contribution in [-0.2, 0) is 0 Å². The van der Waals surface area contributed by atoms with E-state index in [9.17, 15) is 0 Å². The van der Waals surface area contributed by atoms with E-state index in [4.69, 9.17) is 14.2 Å². The number of nitrogens with one attached hydrogen (secondary N) is 1. The van der Waals surface area contributed by atoms with Crippen LogP contribution in [0.2, 0.25) is 0 Å². The largest absolute Gasteiger partial charge is 0.497 e. The molecule has 0 saturated carbocycles. The fraction of sp³-hybridized carbons (Fsp3) is 0.455. The number of benzene rings is 2. The summed E-state index contributed by atoms with van der Waals surface area (Å²) < 4.78 is 16.8. The third-order valence-corrected chi connectivity index (χ3v) is 4.95. The quantitative estimate of drug-likeness (QED) is 0.808. The zero-order chi connectivity index (χ0) is 19.1. The summed E-state index contributed by atoms with van der Waals surface area (Å²) in [6.45, 7) is 6.70. The van der Waals surface area contributed by atoms with Crippen LogP contribution in [0.4, 0.5) is 0 Å². The van der Waals surface area contributed by atoms with Crippen LogP contribution in [0.5, 0.6) is 17.2 Å². The molecular weight excluding hydrogens is 340 g/mol. The van der Waals surface area contributed by atoms with Crippen LogP contribution in [0, 0.1) is 0 Å². The standard InChI is InChI=1S/C22H30N2O3/c1-4-27-20-10-9-18(16-21(20)26-3)22(24-13-6-11-23-12-14-24)17-7-5-8-19(15-17)25-2/h5,7-10,15-16,22-23H,4,6,11-14H2,1-3H3. The highest BCUT2D eigenvalue weighted by Crippen LogP contribution is 2.36. The van der Waals surface area contributed by atoms with Gasteiger partial charge in [-0.15, -0.1) is 0 Å². The number of nitrogens with zero attached hydrogens (tertiary/aromatic N) is 1. The smallest absolute Gasteiger partial charge is 0.161 e.